The Morgan fingerprint density at radius 1 is 0.733 bits per heavy atom. The van der Waals surface area contributed by atoms with Crippen LogP contribution in [0.2, 0.25) is 0 Å². The monoisotopic (exact) mass is 417 g/mol. The number of rotatable bonds is 3. The number of anilines is 1. The first kappa shape index (κ1) is 19.0. The predicted molar refractivity (Wildman–Crippen MR) is 121 cm³/mol. The first-order chi connectivity index (χ1) is 14.5. The molecule has 0 bridgehead atoms. The summed E-state index contributed by atoms with van der Waals surface area (Å²) in [5, 5.41) is 3.41. The van der Waals surface area contributed by atoms with Crippen LogP contribution in [-0.2, 0) is 10.0 Å². The van der Waals surface area contributed by atoms with Gasteiger partial charge in [0.15, 0.2) is 0 Å². The van der Waals surface area contributed by atoms with Crippen LogP contribution in [0.25, 0.3) is 21.7 Å². The molecule has 1 aliphatic rings. The number of aryl methyl sites for hydroxylation is 1. The number of nitrogens with zero attached hydrogens (tertiary/aromatic N) is 3. The largest absolute Gasteiger partial charge is 0.353 e. The van der Waals surface area contributed by atoms with Crippen molar-refractivity contribution in [2.75, 3.05) is 31.1 Å². The van der Waals surface area contributed by atoms with Crippen molar-refractivity contribution in [1.29, 1.82) is 0 Å². The number of hydrogen-bond acceptors (Lipinski definition) is 4. The minimum atomic E-state index is -3.48. The van der Waals surface area contributed by atoms with E-state index in [0.29, 0.717) is 31.1 Å². The molecule has 5 rings (SSSR count). The highest BCUT2D eigenvalue weighted by Gasteiger charge is 2.29. The van der Waals surface area contributed by atoms with Crippen LogP contribution in [0.3, 0.4) is 0 Å². The van der Waals surface area contributed by atoms with E-state index in [0.717, 1.165) is 27.7 Å². The summed E-state index contributed by atoms with van der Waals surface area (Å²) in [6, 6.07) is 23.5. The van der Waals surface area contributed by atoms with Crippen LogP contribution in [0.1, 0.15) is 5.56 Å². The molecule has 0 unspecified atom stereocenters. The van der Waals surface area contributed by atoms with Gasteiger partial charge in [0.05, 0.1) is 10.4 Å². The molecule has 1 aliphatic heterocycles. The number of benzene rings is 3. The molecule has 3 aromatic carbocycles. The Morgan fingerprint density at radius 3 is 2.03 bits per heavy atom. The molecule has 6 heteroatoms. The second kappa shape index (κ2) is 7.38. The van der Waals surface area contributed by atoms with Gasteiger partial charge in [-0.05, 0) is 30.5 Å². The smallest absolute Gasteiger partial charge is 0.243 e. The molecule has 0 amide bonds. The molecule has 0 N–H and O–H groups in total. The number of sulfonamides is 1. The van der Waals surface area contributed by atoms with Gasteiger partial charge in [-0.25, -0.2) is 13.4 Å². The third-order valence-corrected chi connectivity index (χ3v) is 7.70. The Morgan fingerprint density at radius 2 is 1.33 bits per heavy atom. The summed E-state index contributed by atoms with van der Waals surface area (Å²) in [6.07, 6.45) is 0. The molecule has 5 nitrogen and oxygen atoms in total. The van der Waals surface area contributed by atoms with E-state index in [-0.39, 0.29) is 0 Å². The number of pyridine rings is 1. The zero-order chi connectivity index (χ0) is 20.7. The van der Waals surface area contributed by atoms with Crippen LogP contribution in [0.15, 0.2) is 77.7 Å². The van der Waals surface area contributed by atoms with Crippen molar-refractivity contribution in [2.45, 2.75) is 11.8 Å². The van der Waals surface area contributed by atoms with Gasteiger partial charge >= 0.3 is 0 Å². The number of para-hydroxylation sites is 1. The number of piperazine rings is 1. The van der Waals surface area contributed by atoms with Crippen LogP contribution in [0.5, 0.6) is 0 Å². The Kier molecular flexibility index (Phi) is 4.68. The highest BCUT2D eigenvalue weighted by Crippen LogP contribution is 2.32. The van der Waals surface area contributed by atoms with E-state index in [1.165, 1.54) is 5.39 Å². The molecule has 4 aromatic rings. The zero-order valence-corrected chi connectivity index (χ0v) is 17.6. The van der Waals surface area contributed by atoms with Gasteiger partial charge in [-0.3, -0.25) is 0 Å². The molecule has 1 aromatic heterocycles. The first-order valence-electron chi connectivity index (χ1n) is 10.1. The van der Waals surface area contributed by atoms with Gasteiger partial charge < -0.3 is 4.90 Å². The molecular weight excluding hydrogens is 394 g/mol. The maximum absolute atomic E-state index is 13.0. The van der Waals surface area contributed by atoms with Gasteiger partial charge in [0.25, 0.3) is 0 Å². The summed E-state index contributed by atoms with van der Waals surface area (Å²) < 4.78 is 27.6. The average Bonchev–Trinajstić information content (AvgIpc) is 2.79. The van der Waals surface area contributed by atoms with Gasteiger partial charge in [-0.1, -0.05) is 60.2 Å². The van der Waals surface area contributed by atoms with E-state index < -0.39 is 10.0 Å². The molecule has 30 heavy (non-hydrogen) atoms. The van der Waals surface area contributed by atoms with Crippen molar-refractivity contribution in [2.24, 2.45) is 0 Å². The van der Waals surface area contributed by atoms with Crippen LogP contribution in [0.4, 0.5) is 5.82 Å². The lowest BCUT2D eigenvalue weighted by molar-refractivity contribution is 0.384. The van der Waals surface area contributed by atoms with Crippen molar-refractivity contribution in [1.82, 2.24) is 9.29 Å². The average molecular weight is 418 g/mol. The molecule has 1 fully saturated rings. The van der Waals surface area contributed by atoms with E-state index in [4.69, 9.17) is 4.98 Å². The maximum atomic E-state index is 13.0. The standard InChI is InChI=1S/C24H23N3O2S/c1-18-10-12-19(13-11-18)30(28,29)27-16-14-26(15-17-27)24-22-8-3-2-6-20(22)21-7-4-5-9-23(21)25-24/h2-13H,14-17H2,1H3. The predicted octanol–water partition coefficient (Wildman–Crippen LogP) is 4.21. The van der Waals surface area contributed by atoms with Crippen molar-refractivity contribution in [3.63, 3.8) is 0 Å². The molecule has 0 aliphatic carbocycles. The summed E-state index contributed by atoms with van der Waals surface area (Å²) >= 11 is 0. The Labute approximate surface area is 176 Å². The molecular formula is C24H23N3O2S. The quantitative estimate of drug-likeness (QED) is 0.469. The van der Waals surface area contributed by atoms with Gasteiger partial charge in [0.2, 0.25) is 10.0 Å². The van der Waals surface area contributed by atoms with E-state index in [9.17, 15) is 8.42 Å². The topological polar surface area (TPSA) is 53.5 Å². The Hall–Kier alpha value is -2.96. The van der Waals surface area contributed by atoms with Crippen LogP contribution >= 0.6 is 0 Å². The van der Waals surface area contributed by atoms with Crippen molar-refractivity contribution in [3.8, 4) is 0 Å². The normalized spacial score (nSPS) is 15.7. The number of fused-ring (bicyclic) bond motifs is 3. The number of aromatic nitrogens is 1. The summed E-state index contributed by atoms with van der Waals surface area (Å²) in [6.45, 7) is 4.06. The molecule has 2 heterocycles. The lowest BCUT2D eigenvalue weighted by atomic mass is 10.1. The zero-order valence-electron chi connectivity index (χ0n) is 16.8. The molecule has 0 radical (unpaired) electrons. The molecule has 0 spiro atoms. The maximum Gasteiger partial charge on any atom is 0.243 e. The summed E-state index contributed by atoms with van der Waals surface area (Å²) in [7, 11) is -3.48. The third kappa shape index (κ3) is 3.22. The number of hydrogen-bond donors (Lipinski definition) is 0. The van der Waals surface area contributed by atoms with E-state index in [1.54, 1.807) is 16.4 Å². The minimum absolute atomic E-state index is 0.357. The van der Waals surface area contributed by atoms with E-state index in [2.05, 4.69) is 23.1 Å². The van der Waals surface area contributed by atoms with Gasteiger partial charge in [-0.2, -0.15) is 4.31 Å². The molecule has 0 atom stereocenters. The second-order valence-electron chi connectivity index (χ2n) is 7.70. The van der Waals surface area contributed by atoms with E-state index in [1.807, 2.05) is 49.4 Å². The Bertz CT molecular complexity index is 1330. The Balaban J connectivity index is 1.45. The lowest BCUT2D eigenvalue weighted by Crippen LogP contribution is -2.49. The SMILES string of the molecule is Cc1ccc(S(=O)(=O)N2CCN(c3nc4ccccc4c4ccccc34)CC2)cc1. The summed E-state index contributed by atoms with van der Waals surface area (Å²) in [4.78, 5) is 7.50. The highest BCUT2D eigenvalue weighted by molar-refractivity contribution is 7.89. The van der Waals surface area contributed by atoms with Crippen LogP contribution < -0.4 is 4.90 Å². The van der Waals surface area contributed by atoms with Gasteiger partial charge in [0, 0.05) is 37.0 Å². The third-order valence-electron chi connectivity index (χ3n) is 5.79. The summed E-state index contributed by atoms with van der Waals surface area (Å²) in [5.41, 5.74) is 2.01. The minimum Gasteiger partial charge on any atom is -0.353 e. The first-order valence-corrected chi connectivity index (χ1v) is 11.6. The van der Waals surface area contributed by atoms with Crippen LogP contribution in [0, 0.1) is 6.92 Å². The highest BCUT2D eigenvalue weighted by atomic mass is 32.2. The lowest BCUT2D eigenvalue weighted by Gasteiger charge is -2.35. The summed E-state index contributed by atoms with van der Waals surface area (Å²) in [5.74, 6) is 0.927. The van der Waals surface area contributed by atoms with E-state index >= 15 is 0 Å². The van der Waals surface area contributed by atoms with Crippen molar-refractivity contribution >= 4 is 37.5 Å². The fourth-order valence-corrected chi connectivity index (χ4v) is 5.55. The second-order valence-corrected chi connectivity index (χ2v) is 9.64. The van der Waals surface area contributed by atoms with Gasteiger partial charge in [0.1, 0.15) is 5.82 Å². The fourth-order valence-electron chi connectivity index (χ4n) is 4.13. The molecule has 152 valence electrons. The van der Waals surface area contributed by atoms with Crippen LogP contribution in [-0.4, -0.2) is 43.9 Å². The van der Waals surface area contributed by atoms with Crippen molar-refractivity contribution < 1.29 is 8.42 Å². The molecule has 1 saturated heterocycles. The van der Waals surface area contributed by atoms with Crippen molar-refractivity contribution in [3.05, 3.63) is 78.4 Å². The fraction of sp³-hybridized carbons (Fsp3) is 0.208. The molecule has 0 saturated carbocycles. The van der Waals surface area contributed by atoms with Gasteiger partial charge in [-0.15, -0.1) is 0 Å².